The van der Waals surface area contributed by atoms with Crippen molar-refractivity contribution in [3.63, 3.8) is 0 Å². The summed E-state index contributed by atoms with van der Waals surface area (Å²) >= 11 is 0. The van der Waals surface area contributed by atoms with Gasteiger partial charge in [-0.15, -0.1) is 6.58 Å². The number of aromatic amines is 1. The van der Waals surface area contributed by atoms with Crippen molar-refractivity contribution in [1.29, 1.82) is 0 Å². The molecule has 0 spiro atoms. The van der Waals surface area contributed by atoms with Gasteiger partial charge < -0.3 is 4.98 Å². The lowest BCUT2D eigenvalue weighted by atomic mass is 9.99. The van der Waals surface area contributed by atoms with Crippen LogP contribution >= 0.6 is 0 Å². The number of H-pyrrole nitrogens is 1. The Hall–Kier alpha value is -2.94. The molecular formula is C21H17FN2. The predicted octanol–water partition coefficient (Wildman–Crippen LogP) is 5.64. The van der Waals surface area contributed by atoms with E-state index in [0.717, 1.165) is 45.0 Å². The highest BCUT2D eigenvalue weighted by Crippen LogP contribution is 2.35. The summed E-state index contributed by atoms with van der Waals surface area (Å²) in [5, 5.41) is 1.93. The Labute approximate surface area is 139 Å². The zero-order valence-corrected chi connectivity index (χ0v) is 13.2. The molecule has 2 heterocycles. The average molecular weight is 316 g/mol. The molecule has 0 bridgehead atoms. The number of halogens is 1. The molecule has 0 radical (unpaired) electrons. The molecule has 0 aliphatic carbocycles. The van der Waals surface area contributed by atoms with Crippen LogP contribution in [-0.4, -0.2) is 9.97 Å². The molecule has 0 unspecified atom stereocenters. The van der Waals surface area contributed by atoms with Crippen LogP contribution in [0, 0.1) is 5.95 Å². The predicted molar refractivity (Wildman–Crippen MR) is 97.5 cm³/mol. The van der Waals surface area contributed by atoms with Crippen LogP contribution in [0.3, 0.4) is 0 Å². The summed E-state index contributed by atoms with van der Waals surface area (Å²) < 4.78 is 14.1. The van der Waals surface area contributed by atoms with Gasteiger partial charge in [-0.2, -0.15) is 4.39 Å². The van der Waals surface area contributed by atoms with E-state index in [9.17, 15) is 4.39 Å². The molecule has 0 aliphatic heterocycles. The smallest absolute Gasteiger partial charge is 0.213 e. The summed E-state index contributed by atoms with van der Waals surface area (Å²) in [7, 11) is 0. The van der Waals surface area contributed by atoms with Gasteiger partial charge in [0, 0.05) is 22.4 Å². The van der Waals surface area contributed by atoms with Gasteiger partial charge in [0.25, 0.3) is 0 Å². The van der Waals surface area contributed by atoms with Crippen molar-refractivity contribution in [2.24, 2.45) is 0 Å². The van der Waals surface area contributed by atoms with Gasteiger partial charge in [-0.05, 0) is 30.0 Å². The Morgan fingerprint density at radius 1 is 1.08 bits per heavy atom. The SMILES string of the molecule is C=CCCc1nc(F)cc2c1[nH]c1cccc(-c3ccccc3)c12. The zero-order valence-electron chi connectivity index (χ0n) is 13.2. The molecule has 24 heavy (non-hydrogen) atoms. The Morgan fingerprint density at radius 3 is 2.71 bits per heavy atom. The van der Waals surface area contributed by atoms with E-state index in [4.69, 9.17) is 0 Å². The Bertz CT molecular complexity index is 1030. The summed E-state index contributed by atoms with van der Waals surface area (Å²) in [5.74, 6) is -0.440. The maximum atomic E-state index is 14.1. The number of allylic oxidation sites excluding steroid dienone is 1. The number of hydrogen-bond donors (Lipinski definition) is 1. The van der Waals surface area contributed by atoms with Crippen molar-refractivity contribution in [2.75, 3.05) is 0 Å². The second kappa shape index (κ2) is 5.93. The lowest BCUT2D eigenvalue weighted by Gasteiger charge is -2.05. The van der Waals surface area contributed by atoms with E-state index in [2.05, 4.69) is 34.7 Å². The first-order valence-corrected chi connectivity index (χ1v) is 8.04. The summed E-state index contributed by atoms with van der Waals surface area (Å²) in [6.07, 6.45) is 3.27. The molecule has 2 aromatic carbocycles. The van der Waals surface area contributed by atoms with Crippen LogP contribution in [0.25, 0.3) is 32.9 Å². The number of fused-ring (bicyclic) bond motifs is 3. The maximum Gasteiger partial charge on any atom is 0.213 e. The largest absolute Gasteiger partial charge is 0.353 e. The van der Waals surface area contributed by atoms with Gasteiger partial charge in [-0.25, -0.2) is 4.98 Å². The fourth-order valence-corrected chi connectivity index (χ4v) is 3.26. The summed E-state index contributed by atoms with van der Waals surface area (Å²) in [5.41, 5.74) is 4.88. The summed E-state index contributed by atoms with van der Waals surface area (Å²) in [6, 6.07) is 17.8. The monoisotopic (exact) mass is 316 g/mol. The summed E-state index contributed by atoms with van der Waals surface area (Å²) in [4.78, 5) is 7.52. The molecule has 0 saturated carbocycles. The van der Waals surface area contributed by atoms with E-state index in [1.165, 1.54) is 6.07 Å². The van der Waals surface area contributed by atoms with Crippen molar-refractivity contribution in [1.82, 2.24) is 9.97 Å². The highest BCUT2D eigenvalue weighted by atomic mass is 19.1. The molecular weight excluding hydrogens is 299 g/mol. The van der Waals surface area contributed by atoms with Crippen molar-refractivity contribution < 1.29 is 4.39 Å². The fourth-order valence-electron chi connectivity index (χ4n) is 3.26. The number of aromatic nitrogens is 2. The molecule has 4 aromatic rings. The Balaban J connectivity index is 2.05. The van der Waals surface area contributed by atoms with Gasteiger partial charge in [0.05, 0.1) is 11.2 Å². The van der Waals surface area contributed by atoms with Gasteiger partial charge in [0.1, 0.15) is 0 Å². The molecule has 0 saturated heterocycles. The minimum Gasteiger partial charge on any atom is -0.353 e. The molecule has 0 aliphatic rings. The minimum absolute atomic E-state index is 0.440. The van der Waals surface area contributed by atoms with Gasteiger partial charge >= 0.3 is 0 Å². The number of hydrogen-bond acceptors (Lipinski definition) is 1. The topological polar surface area (TPSA) is 28.7 Å². The van der Waals surface area contributed by atoms with E-state index in [1.54, 1.807) is 0 Å². The Kier molecular flexibility index (Phi) is 3.62. The lowest BCUT2D eigenvalue weighted by molar-refractivity contribution is 0.579. The third-order valence-corrected chi connectivity index (χ3v) is 4.33. The minimum atomic E-state index is -0.440. The molecule has 0 atom stereocenters. The number of benzene rings is 2. The molecule has 0 amide bonds. The second-order valence-electron chi connectivity index (χ2n) is 5.86. The van der Waals surface area contributed by atoms with Crippen LogP contribution in [0.15, 0.2) is 67.3 Å². The van der Waals surface area contributed by atoms with E-state index in [-0.39, 0.29) is 0 Å². The van der Waals surface area contributed by atoms with Crippen LogP contribution in [0.2, 0.25) is 0 Å². The maximum absolute atomic E-state index is 14.1. The zero-order chi connectivity index (χ0) is 16.5. The van der Waals surface area contributed by atoms with Crippen molar-refractivity contribution in [2.45, 2.75) is 12.8 Å². The molecule has 2 nitrogen and oxygen atoms in total. The quantitative estimate of drug-likeness (QED) is 0.383. The van der Waals surface area contributed by atoms with Crippen LogP contribution in [0.1, 0.15) is 12.1 Å². The number of pyridine rings is 1. The van der Waals surface area contributed by atoms with Crippen molar-refractivity contribution >= 4 is 21.8 Å². The Morgan fingerprint density at radius 2 is 1.92 bits per heavy atom. The third-order valence-electron chi connectivity index (χ3n) is 4.33. The van der Waals surface area contributed by atoms with E-state index in [0.29, 0.717) is 6.42 Å². The van der Waals surface area contributed by atoms with E-state index in [1.807, 2.05) is 36.4 Å². The van der Waals surface area contributed by atoms with Crippen molar-refractivity contribution in [3.05, 3.63) is 78.9 Å². The first-order valence-electron chi connectivity index (χ1n) is 8.04. The second-order valence-corrected chi connectivity index (χ2v) is 5.86. The molecule has 0 fully saturated rings. The van der Waals surface area contributed by atoms with Gasteiger partial charge in [-0.3, -0.25) is 0 Å². The van der Waals surface area contributed by atoms with Crippen LogP contribution < -0.4 is 0 Å². The van der Waals surface area contributed by atoms with Crippen LogP contribution in [0.5, 0.6) is 0 Å². The van der Waals surface area contributed by atoms with E-state index >= 15 is 0 Å². The average Bonchev–Trinajstić information content (AvgIpc) is 2.99. The normalized spacial score (nSPS) is 11.2. The van der Waals surface area contributed by atoms with Crippen LogP contribution in [-0.2, 0) is 6.42 Å². The number of nitrogens with zero attached hydrogens (tertiary/aromatic N) is 1. The molecule has 2 aromatic heterocycles. The number of rotatable bonds is 4. The van der Waals surface area contributed by atoms with Gasteiger partial charge in [0.2, 0.25) is 5.95 Å². The highest BCUT2D eigenvalue weighted by molar-refractivity contribution is 6.14. The number of nitrogens with one attached hydrogen (secondary N) is 1. The first-order chi connectivity index (χ1) is 11.8. The standard InChI is InChI=1S/C21H17FN2/c1-2-3-11-18-21-16(13-19(22)23-18)20-15(10-7-12-17(20)24-21)14-8-5-4-6-9-14/h2,4-10,12-13,24H,1,3,11H2. The highest BCUT2D eigenvalue weighted by Gasteiger charge is 2.14. The third kappa shape index (κ3) is 2.38. The lowest BCUT2D eigenvalue weighted by Crippen LogP contribution is -1.94. The summed E-state index contributed by atoms with van der Waals surface area (Å²) in [6.45, 7) is 3.74. The van der Waals surface area contributed by atoms with E-state index < -0.39 is 5.95 Å². The van der Waals surface area contributed by atoms with Gasteiger partial charge in [0.15, 0.2) is 0 Å². The van der Waals surface area contributed by atoms with Crippen molar-refractivity contribution in [3.8, 4) is 11.1 Å². The first kappa shape index (κ1) is 14.6. The molecule has 1 N–H and O–H groups in total. The fraction of sp³-hybridized carbons (Fsp3) is 0.0952. The molecule has 3 heteroatoms. The van der Waals surface area contributed by atoms with Gasteiger partial charge in [-0.1, -0.05) is 48.5 Å². The number of aryl methyl sites for hydroxylation is 1. The molecule has 4 rings (SSSR count). The molecule has 118 valence electrons. The van der Waals surface area contributed by atoms with Crippen LogP contribution in [0.4, 0.5) is 4.39 Å².